The Kier molecular flexibility index (Phi) is 6.35. The third kappa shape index (κ3) is 4.66. The van der Waals surface area contributed by atoms with Crippen molar-refractivity contribution in [3.05, 3.63) is 58.9 Å². The molecule has 1 aromatic heterocycles. The predicted molar refractivity (Wildman–Crippen MR) is 117 cm³/mol. The quantitative estimate of drug-likeness (QED) is 0.462. The SMILES string of the molecule is COc1ccc(NC(=O)CSc2nc3ccccc3c(=O)n2CC2CCCO2)cc1. The van der Waals surface area contributed by atoms with E-state index >= 15 is 0 Å². The van der Waals surface area contributed by atoms with Crippen LogP contribution in [0.25, 0.3) is 10.9 Å². The van der Waals surface area contributed by atoms with Gasteiger partial charge < -0.3 is 14.8 Å². The molecule has 1 fully saturated rings. The van der Waals surface area contributed by atoms with E-state index < -0.39 is 0 Å². The fourth-order valence-electron chi connectivity index (χ4n) is 3.41. The summed E-state index contributed by atoms with van der Waals surface area (Å²) in [6.07, 6.45) is 1.91. The number of fused-ring (bicyclic) bond motifs is 1. The Balaban J connectivity index is 1.52. The molecule has 1 amide bonds. The third-order valence-electron chi connectivity index (χ3n) is 4.94. The molecular weight excluding hydrogens is 402 g/mol. The minimum atomic E-state index is -0.170. The monoisotopic (exact) mass is 425 g/mol. The lowest BCUT2D eigenvalue weighted by molar-refractivity contribution is -0.113. The molecule has 0 radical (unpaired) electrons. The van der Waals surface area contributed by atoms with Crippen molar-refractivity contribution in [2.24, 2.45) is 0 Å². The van der Waals surface area contributed by atoms with E-state index in [2.05, 4.69) is 10.3 Å². The van der Waals surface area contributed by atoms with Crippen molar-refractivity contribution in [3.63, 3.8) is 0 Å². The first-order valence-electron chi connectivity index (χ1n) is 9.82. The number of methoxy groups -OCH3 is 1. The molecule has 1 unspecified atom stereocenters. The van der Waals surface area contributed by atoms with E-state index in [-0.39, 0.29) is 23.3 Å². The molecule has 7 nitrogen and oxygen atoms in total. The standard InChI is InChI=1S/C22H23N3O4S/c1-28-16-10-8-15(9-11-16)23-20(26)14-30-22-24-19-7-3-2-6-18(19)21(27)25(22)13-17-5-4-12-29-17/h2-3,6-11,17H,4-5,12-14H2,1H3,(H,23,26). The first-order chi connectivity index (χ1) is 14.6. The third-order valence-corrected chi connectivity index (χ3v) is 5.92. The van der Waals surface area contributed by atoms with E-state index in [0.717, 1.165) is 18.6 Å². The molecule has 0 saturated carbocycles. The summed E-state index contributed by atoms with van der Waals surface area (Å²) in [5, 5.41) is 3.95. The van der Waals surface area contributed by atoms with Crippen LogP contribution in [0, 0.1) is 0 Å². The van der Waals surface area contributed by atoms with Gasteiger partial charge in [0.15, 0.2) is 5.16 Å². The lowest BCUT2D eigenvalue weighted by Crippen LogP contribution is -2.29. The number of para-hydroxylation sites is 1. The van der Waals surface area contributed by atoms with Crippen molar-refractivity contribution >= 4 is 34.3 Å². The van der Waals surface area contributed by atoms with Crippen LogP contribution in [0.2, 0.25) is 0 Å². The number of nitrogens with one attached hydrogen (secondary N) is 1. The van der Waals surface area contributed by atoms with Crippen LogP contribution in [0.4, 0.5) is 5.69 Å². The van der Waals surface area contributed by atoms with Gasteiger partial charge in [0, 0.05) is 12.3 Å². The van der Waals surface area contributed by atoms with Gasteiger partial charge in [-0.05, 0) is 49.2 Å². The fraction of sp³-hybridized carbons (Fsp3) is 0.318. The number of carbonyl (C=O) groups is 1. The molecule has 0 bridgehead atoms. The van der Waals surface area contributed by atoms with Crippen LogP contribution in [-0.2, 0) is 16.1 Å². The first-order valence-corrected chi connectivity index (χ1v) is 10.8. The molecular formula is C22H23N3O4S. The molecule has 1 saturated heterocycles. The molecule has 2 heterocycles. The number of anilines is 1. The summed E-state index contributed by atoms with van der Waals surface area (Å²) in [6, 6.07) is 14.4. The minimum Gasteiger partial charge on any atom is -0.497 e. The van der Waals surface area contributed by atoms with E-state index in [1.54, 1.807) is 42.0 Å². The maximum absolute atomic E-state index is 13.1. The van der Waals surface area contributed by atoms with E-state index in [4.69, 9.17) is 9.47 Å². The lowest BCUT2D eigenvalue weighted by Gasteiger charge is -2.16. The van der Waals surface area contributed by atoms with E-state index in [9.17, 15) is 9.59 Å². The van der Waals surface area contributed by atoms with Gasteiger partial charge in [0.2, 0.25) is 5.91 Å². The smallest absolute Gasteiger partial charge is 0.262 e. The van der Waals surface area contributed by atoms with Crippen LogP contribution in [-0.4, -0.2) is 41.0 Å². The zero-order chi connectivity index (χ0) is 20.9. The average Bonchev–Trinajstić information content (AvgIpc) is 3.28. The summed E-state index contributed by atoms with van der Waals surface area (Å²) in [5.74, 6) is 0.694. The van der Waals surface area contributed by atoms with Crippen LogP contribution in [0.1, 0.15) is 12.8 Å². The summed E-state index contributed by atoms with van der Waals surface area (Å²) < 4.78 is 12.5. The average molecular weight is 426 g/mol. The number of ether oxygens (including phenoxy) is 2. The number of nitrogens with zero attached hydrogens (tertiary/aromatic N) is 2. The zero-order valence-corrected chi connectivity index (χ0v) is 17.5. The van der Waals surface area contributed by atoms with E-state index in [1.807, 2.05) is 18.2 Å². The molecule has 1 aliphatic rings. The van der Waals surface area contributed by atoms with Gasteiger partial charge in [0.25, 0.3) is 5.56 Å². The van der Waals surface area contributed by atoms with Crippen molar-refractivity contribution in [2.45, 2.75) is 30.6 Å². The van der Waals surface area contributed by atoms with Crippen molar-refractivity contribution in [1.29, 1.82) is 0 Å². The van der Waals surface area contributed by atoms with E-state index in [0.29, 0.717) is 34.9 Å². The highest BCUT2D eigenvalue weighted by atomic mass is 32.2. The number of amides is 1. The van der Waals surface area contributed by atoms with Crippen molar-refractivity contribution in [2.75, 3.05) is 24.8 Å². The fourth-order valence-corrected chi connectivity index (χ4v) is 4.22. The molecule has 156 valence electrons. The number of thioether (sulfide) groups is 1. The summed E-state index contributed by atoms with van der Waals surface area (Å²) in [6.45, 7) is 1.16. The van der Waals surface area contributed by atoms with Gasteiger partial charge >= 0.3 is 0 Å². The molecule has 2 aromatic carbocycles. The minimum absolute atomic E-state index is 0.00172. The normalized spacial score (nSPS) is 16.0. The summed E-state index contributed by atoms with van der Waals surface area (Å²) in [5.41, 5.74) is 1.21. The Morgan fingerprint density at radius 2 is 2.07 bits per heavy atom. The van der Waals surface area contributed by atoms with Crippen LogP contribution in [0.15, 0.2) is 58.5 Å². The number of aromatic nitrogens is 2. The Morgan fingerprint density at radius 1 is 1.27 bits per heavy atom. The van der Waals surface area contributed by atoms with Crippen molar-refractivity contribution < 1.29 is 14.3 Å². The van der Waals surface area contributed by atoms with Crippen LogP contribution in [0.3, 0.4) is 0 Å². The largest absolute Gasteiger partial charge is 0.497 e. The number of hydrogen-bond acceptors (Lipinski definition) is 6. The van der Waals surface area contributed by atoms with Gasteiger partial charge in [0.1, 0.15) is 5.75 Å². The van der Waals surface area contributed by atoms with Crippen molar-refractivity contribution in [3.8, 4) is 5.75 Å². The van der Waals surface area contributed by atoms with Gasteiger partial charge in [-0.25, -0.2) is 4.98 Å². The Labute approximate surface area is 178 Å². The highest BCUT2D eigenvalue weighted by Crippen LogP contribution is 2.22. The van der Waals surface area contributed by atoms with Crippen molar-refractivity contribution in [1.82, 2.24) is 9.55 Å². The second-order valence-electron chi connectivity index (χ2n) is 7.03. The first kappa shape index (κ1) is 20.4. The maximum atomic E-state index is 13.1. The summed E-state index contributed by atoms with van der Waals surface area (Å²) >= 11 is 1.25. The highest BCUT2D eigenvalue weighted by molar-refractivity contribution is 7.99. The van der Waals surface area contributed by atoms with E-state index in [1.165, 1.54) is 11.8 Å². The Morgan fingerprint density at radius 3 is 2.80 bits per heavy atom. The van der Waals surface area contributed by atoms with Gasteiger partial charge in [-0.1, -0.05) is 23.9 Å². The molecule has 30 heavy (non-hydrogen) atoms. The van der Waals surface area contributed by atoms with Crippen LogP contribution in [0.5, 0.6) is 5.75 Å². The van der Waals surface area contributed by atoms with Gasteiger partial charge in [0.05, 0.1) is 36.4 Å². The maximum Gasteiger partial charge on any atom is 0.262 e. The number of hydrogen-bond donors (Lipinski definition) is 1. The number of benzene rings is 2. The zero-order valence-electron chi connectivity index (χ0n) is 16.7. The second-order valence-corrected chi connectivity index (χ2v) is 7.97. The molecule has 4 rings (SSSR count). The molecule has 1 aliphatic heterocycles. The van der Waals surface area contributed by atoms with Crippen LogP contribution < -0.4 is 15.6 Å². The molecule has 0 spiro atoms. The molecule has 8 heteroatoms. The van der Waals surface area contributed by atoms with Gasteiger partial charge in [-0.3, -0.25) is 14.2 Å². The number of rotatable bonds is 7. The summed E-state index contributed by atoms with van der Waals surface area (Å²) in [7, 11) is 1.59. The van der Waals surface area contributed by atoms with Crippen LogP contribution >= 0.6 is 11.8 Å². The molecule has 1 N–H and O–H groups in total. The molecule has 1 atom stereocenters. The van der Waals surface area contributed by atoms with Gasteiger partial charge in [-0.15, -0.1) is 0 Å². The second kappa shape index (κ2) is 9.32. The Bertz CT molecular complexity index is 1090. The summed E-state index contributed by atoms with van der Waals surface area (Å²) in [4.78, 5) is 30.2. The number of carbonyl (C=O) groups excluding carboxylic acids is 1. The van der Waals surface area contributed by atoms with Gasteiger partial charge in [-0.2, -0.15) is 0 Å². The Hall–Kier alpha value is -2.84. The molecule has 3 aromatic rings. The predicted octanol–water partition coefficient (Wildman–Crippen LogP) is 3.31. The highest BCUT2D eigenvalue weighted by Gasteiger charge is 2.20. The lowest BCUT2D eigenvalue weighted by atomic mass is 10.2. The topological polar surface area (TPSA) is 82.5 Å². The molecule has 0 aliphatic carbocycles.